The number of nitrogens with zero attached hydrogens (tertiary/aromatic N) is 2. The number of amides is 3. The van der Waals surface area contributed by atoms with Crippen molar-refractivity contribution in [1.82, 2.24) is 4.90 Å². The van der Waals surface area contributed by atoms with Crippen LogP contribution in [0.2, 0.25) is 0 Å². The Morgan fingerprint density at radius 3 is 2.44 bits per heavy atom. The predicted octanol–water partition coefficient (Wildman–Crippen LogP) is 3.96. The average Bonchev–Trinajstić information content (AvgIpc) is 3.40. The Hall–Kier alpha value is -3.87. The smallest absolute Gasteiger partial charge is 0.257 e. The number of hydrogen-bond acceptors (Lipinski definition) is 5. The molecule has 1 aliphatic heterocycles. The van der Waals surface area contributed by atoms with E-state index < -0.39 is 11.9 Å². The van der Waals surface area contributed by atoms with E-state index in [1.54, 1.807) is 48.5 Å². The van der Waals surface area contributed by atoms with Crippen LogP contribution in [0.3, 0.4) is 0 Å². The summed E-state index contributed by atoms with van der Waals surface area (Å²) >= 11 is 0. The van der Waals surface area contributed by atoms with Gasteiger partial charge in [0.05, 0.1) is 31.5 Å². The molecule has 0 spiro atoms. The van der Waals surface area contributed by atoms with Gasteiger partial charge in [-0.3, -0.25) is 14.4 Å². The van der Waals surface area contributed by atoms with Crippen LogP contribution in [0.4, 0.5) is 5.69 Å². The van der Waals surface area contributed by atoms with Crippen LogP contribution in [0.25, 0.3) is 0 Å². The molecule has 1 fully saturated rings. The summed E-state index contributed by atoms with van der Waals surface area (Å²) in [5, 5.41) is 0. The van der Waals surface area contributed by atoms with Gasteiger partial charge in [-0.05, 0) is 62.4 Å². The van der Waals surface area contributed by atoms with Gasteiger partial charge in [0.2, 0.25) is 5.91 Å². The molecule has 7 nitrogen and oxygen atoms in total. The fourth-order valence-electron chi connectivity index (χ4n) is 3.74. The molecule has 0 bridgehead atoms. The minimum atomic E-state index is -0.923. The monoisotopic (exact) mass is 432 g/mol. The number of carbonyl (C=O) groups is 3. The van der Waals surface area contributed by atoms with Crippen molar-refractivity contribution in [2.24, 2.45) is 0 Å². The molecule has 2 heterocycles. The third-order valence-corrected chi connectivity index (χ3v) is 5.37. The van der Waals surface area contributed by atoms with Gasteiger partial charge < -0.3 is 14.1 Å². The van der Waals surface area contributed by atoms with E-state index in [4.69, 9.17) is 9.15 Å². The van der Waals surface area contributed by atoms with Crippen molar-refractivity contribution < 1.29 is 23.5 Å². The number of ether oxygens (including phenoxy) is 1. The first-order chi connectivity index (χ1) is 15.5. The number of aryl methyl sites for hydroxylation is 1. The van der Waals surface area contributed by atoms with Gasteiger partial charge in [0, 0.05) is 5.56 Å². The van der Waals surface area contributed by atoms with Crippen LogP contribution in [0, 0.1) is 6.92 Å². The van der Waals surface area contributed by atoms with E-state index in [9.17, 15) is 14.4 Å². The Morgan fingerprint density at radius 1 is 1.09 bits per heavy atom. The van der Waals surface area contributed by atoms with Crippen molar-refractivity contribution in [1.29, 1.82) is 0 Å². The normalized spacial score (nSPS) is 15.8. The highest BCUT2D eigenvalue weighted by atomic mass is 16.5. The molecule has 0 N–H and O–H groups in total. The molecule has 1 aliphatic rings. The maximum atomic E-state index is 13.4. The molecule has 3 aromatic rings. The molecular weight excluding hydrogens is 408 g/mol. The van der Waals surface area contributed by atoms with Crippen LogP contribution in [-0.2, 0) is 16.1 Å². The van der Waals surface area contributed by atoms with Crippen LogP contribution in [-0.4, -0.2) is 35.3 Å². The molecule has 2 aromatic carbocycles. The number of anilines is 1. The average molecular weight is 432 g/mol. The Bertz CT molecular complexity index is 1100. The van der Waals surface area contributed by atoms with E-state index in [2.05, 4.69) is 0 Å². The summed E-state index contributed by atoms with van der Waals surface area (Å²) in [4.78, 5) is 42.1. The molecule has 7 heteroatoms. The molecule has 4 rings (SSSR count). The first kappa shape index (κ1) is 21.4. The standard InChI is InChI=1S/C25H24N2O5/c1-3-31-20-12-10-19(11-13-20)27-23(28)15-22(25(27)30)26(16-21-5-4-14-32-21)24(29)18-8-6-17(2)7-9-18/h4-14,22H,3,15-16H2,1-2H3. The van der Waals surface area contributed by atoms with Gasteiger partial charge in [-0.25, -0.2) is 4.90 Å². The van der Waals surface area contributed by atoms with Crippen LogP contribution in [0.5, 0.6) is 5.75 Å². The van der Waals surface area contributed by atoms with Crippen LogP contribution >= 0.6 is 0 Å². The van der Waals surface area contributed by atoms with Crippen molar-refractivity contribution in [3.05, 3.63) is 83.8 Å². The summed E-state index contributed by atoms with van der Waals surface area (Å²) in [6.45, 7) is 4.42. The quantitative estimate of drug-likeness (QED) is 0.528. The second-order valence-corrected chi connectivity index (χ2v) is 7.59. The van der Waals surface area contributed by atoms with E-state index in [0.29, 0.717) is 29.4 Å². The van der Waals surface area contributed by atoms with Gasteiger partial charge in [0.25, 0.3) is 11.8 Å². The van der Waals surface area contributed by atoms with Crippen molar-refractivity contribution in [2.45, 2.75) is 32.9 Å². The third kappa shape index (κ3) is 4.27. The minimum absolute atomic E-state index is 0.0838. The lowest BCUT2D eigenvalue weighted by molar-refractivity contribution is -0.122. The zero-order valence-electron chi connectivity index (χ0n) is 18.0. The predicted molar refractivity (Wildman–Crippen MR) is 118 cm³/mol. The van der Waals surface area contributed by atoms with E-state index >= 15 is 0 Å². The number of benzene rings is 2. The molecule has 3 amide bonds. The zero-order valence-corrected chi connectivity index (χ0v) is 18.0. The molecule has 1 unspecified atom stereocenters. The Kier molecular flexibility index (Phi) is 6.07. The highest BCUT2D eigenvalue weighted by Crippen LogP contribution is 2.29. The number of rotatable bonds is 7. The highest BCUT2D eigenvalue weighted by Gasteiger charge is 2.44. The third-order valence-electron chi connectivity index (χ3n) is 5.37. The SMILES string of the molecule is CCOc1ccc(N2C(=O)CC(N(Cc3ccco3)C(=O)c3ccc(C)cc3)C2=O)cc1. The van der Waals surface area contributed by atoms with Crippen molar-refractivity contribution >= 4 is 23.4 Å². The molecule has 0 saturated carbocycles. The van der Waals surface area contributed by atoms with Gasteiger partial charge in [-0.2, -0.15) is 0 Å². The Balaban J connectivity index is 1.63. The second-order valence-electron chi connectivity index (χ2n) is 7.59. The number of imide groups is 1. The van der Waals surface area contributed by atoms with E-state index in [1.165, 1.54) is 11.2 Å². The van der Waals surface area contributed by atoms with Gasteiger partial charge in [-0.1, -0.05) is 17.7 Å². The van der Waals surface area contributed by atoms with Gasteiger partial charge in [0.15, 0.2) is 0 Å². The summed E-state index contributed by atoms with van der Waals surface area (Å²) in [5.74, 6) is 0.0590. The molecule has 32 heavy (non-hydrogen) atoms. The molecular formula is C25H24N2O5. The lowest BCUT2D eigenvalue weighted by Crippen LogP contribution is -2.45. The van der Waals surface area contributed by atoms with E-state index in [1.807, 2.05) is 26.0 Å². The maximum absolute atomic E-state index is 13.4. The molecule has 1 atom stereocenters. The molecule has 1 saturated heterocycles. The molecule has 0 radical (unpaired) electrons. The summed E-state index contributed by atoms with van der Waals surface area (Å²) < 4.78 is 10.9. The number of furan rings is 1. The summed E-state index contributed by atoms with van der Waals surface area (Å²) in [5.41, 5.74) is 1.92. The van der Waals surface area contributed by atoms with Crippen LogP contribution in [0.1, 0.15) is 35.0 Å². The molecule has 0 aliphatic carbocycles. The first-order valence-electron chi connectivity index (χ1n) is 10.5. The topological polar surface area (TPSA) is 80.1 Å². The largest absolute Gasteiger partial charge is 0.494 e. The van der Waals surface area contributed by atoms with Crippen LogP contribution < -0.4 is 9.64 Å². The summed E-state index contributed by atoms with van der Waals surface area (Å²) in [6.07, 6.45) is 1.42. The second kappa shape index (κ2) is 9.09. The van der Waals surface area contributed by atoms with Crippen molar-refractivity contribution in [3.8, 4) is 5.75 Å². The van der Waals surface area contributed by atoms with Crippen molar-refractivity contribution in [3.63, 3.8) is 0 Å². The summed E-state index contributed by atoms with van der Waals surface area (Å²) in [7, 11) is 0. The fourth-order valence-corrected chi connectivity index (χ4v) is 3.74. The van der Waals surface area contributed by atoms with Crippen molar-refractivity contribution in [2.75, 3.05) is 11.5 Å². The highest BCUT2D eigenvalue weighted by molar-refractivity contribution is 6.23. The van der Waals surface area contributed by atoms with Gasteiger partial charge in [0.1, 0.15) is 17.6 Å². The van der Waals surface area contributed by atoms with Gasteiger partial charge in [-0.15, -0.1) is 0 Å². The van der Waals surface area contributed by atoms with E-state index in [-0.39, 0.29) is 24.8 Å². The van der Waals surface area contributed by atoms with Gasteiger partial charge >= 0.3 is 0 Å². The minimum Gasteiger partial charge on any atom is -0.494 e. The summed E-state index contributed by atoms with van der Waals surface area (Å²) in [6, 6.07) is 16.4. The van der Waals surface area contributed by atoms with E-state index in [0.717, 1.165) is 10.5 Å². The van der Waals surface area contributed by atoms with Crippen LogP contribution in [0.15, 0.2) is 71.3 Å². The Morgan fingerprint density at radius 2 is 1.81 bits per heavy atom. The zero-order chi connectivity index (χ0) is 22.7. The molecule has 164 valence electrons. The molecule has 1 aromatic heterocycles. The fraction of sp³-hybridized carbons (Fsp3) is 0.240. The number of carbonyl (C=O) groups excluding carboxylic acids is 3. The Labute approximate surface area is 186 Å². The lowest BCUT2D eigenvalue weighted by atomic mass is 10.1. The number of hydrogen-bond donors (Lipinski definition) is 0. The first-order valence-corrected chi connectivity index (χ1v) is 10.5. The lowest BCUT2D eigenvalue weighted by Gasteiger charge is -2.27. The maximum Gasteiger partial charge on any atom is 0.257 e.